The van der Waals surface area contributed by atoms with Gasteiger partial charge in [0.1, 0.15) is 5.76 Å². The number of benzene rings is 1. The maximum absolute atomic E-state index is 13.7. The molecule has 1 aromatic heterocycles. The van der Waals surface area contributed by atoms with Crippen molar-refractivity contribution < 1.29 is 8.81 Å². The van der Waals surface area contributed by atoms with E-state index in [9.17, 15) is 4.39 Å². The lowest BCUT2D eigenvalue weighted by Gasteiger charge is -2.33. The Labute approximate surface area is 113 Å². The highest BCUT2D eigenvalue weighted by Gasteiger charge is 2.30. The fraction of sp³-hybridized carbons (Fsp3) is 0.500. The number of hydrogen-bond donors (Lipinski definition) is 1. The Morgan fingerprint density at radius 3 is 2.89 bits per heavy atom. The summed E-state index contributed by atoms with van der Waals surface area (Å²) in [5.41, 5.74) is 0.389. The van der Waals surface area contributed by atoms with Crippen LogP contribution in [-0.2, 0) is 0 Å². The van der Waals surface area contributed by atoms with Gasteiger partial charge in [-0.05, 0) is 43.9 Å². The largest absolute Gasteiger partial charge is 0.456 e. The van der Waals surface area contributed by atoms with Gasteiger partial charge in [-0.2, -0.15) is 0 Å². The van der Waals surface area contributed by atoms with Crippen LogP contribution >= 0.6 is 0 Å². The normalized spacial score (nSPS) is 17.6. The van der Waals surface area contributed by atoms with E-state index in [2.05, 4.69) is 12.2 Å². The van der Waals surface area contributed by atoms with Crippen LogP contribution in [0.4, 0.5) is 4.39 Å². The van der Waals surface area contributed by atoms with Crippen LogP contribution < -0.4 is 5.32 Å². The van der Waals surface area contributed by atoms with Gasteiger partial charge in [0.2, 0.25) is 0 Å². The second-order valence-electron chi connectivity index (χ2n) is 5.43. The number of furan rings is 1. The maximum Gasteiger partial charge on any atom is 0.169 e. The molecule has 1 aromatic carbocycles. The average molecular weight is 261 g/mol. The molecule has 102 valence electrons. The SMILES string of the molecule is CCCNC(c1cc2cccc(F)c2o1)C1CCC1. The summed E-state index contributed by atoms with van der Waals surface area (Å²) in [5, 5.41) is 4.41. The highest BCUT2D eigenvalue weighted by molar-refractivity contribution is 5.78. The Balaban J connectivity index is 1.92. The number of halogens is 1. The minimum atomic E-state index is -0.272. The van der Waals surface area contributed by atoms with Gasteiger partial charge in [-0.3, -0.25) is 0 Å². The molecule has 2 aromatic rings. The zero-order chi connectivity index (χ0) is 13.2. The summed E-state index contributed by atoms with van der Waals surface area (Å²) in [6.07, 6.45) is 4.86. The highest BCUT2D eigenvalue weighted by atomic mass is 19.1. The molecule has 1 fully saturated rings. The molecule has 0 saturated heterocycles. The highest BCUT2D eigenvalue weighted by Crippen LogP contribution is 2.39. The summed E-state index contributed by atoms with van der Waals surface area (Å²) in [6, 6.07) is 7.32. The summed E-state index contributed by atoms with van der Waals surface area (Å²) in [6.45, 7) is 3.13. The zero-order valence-electron chi connectivity index (χ0n) is 11.3. The van der Waals surface area contributed by atoms with Crippen LogP contribution in [0.2, 0.25) is 0 Å². The van der Waals surface area contributed by atoms with E-state index < -0.39 is 0 Å². The van der Waals surface area contributed by atoms with Crippen molar-refractivity contribution in [3.63, 3.8) is 0 Å². The van der Waals surface area contributed by atoms with Crippen molar-refractivity contribution in [2.75, 3.05) is 6.54 Å². The van der Waals surface area contributed by atoms with Crippen LogP contribution in [0.25, 0.3) is 11.0 Å². The molecule has 3 heteroatoms. The maximum atomic E-state index is 13.7. The Morgan fingerprint density at radius 1 is 1.42 bits per heavy atom. The molecule has 19 heavy (non-hydrogen) atoms. The van der Waals surface area contributed by atoms with E-state index in [1.54, 1.807) is 6.07 Å². The van der Waals surface area contributed by atoms with Crippen LogP contribution in [0.15, 0.2) is 28.7 Å². The summed E-state index contributed by atoms with van der Waals surface area (Å²) < 4.78 is 19.5. The van der Waals surface area contributed by atoms with Gasteiger partial charge in [-0.1, -0.05) is 25.5 Å². The molecule has 1 unspecified atom stereocenters. The van der Waals surface area contributed by atoms with Gasteiger partial charge in [-0.15, -0.1) is 0 Å². The minimum absolute atomic E-state index is 0.237. The molecule has 1 saturated carbocycles. The quantitative estimate of drug-likeness (QED) is 0.862. The molecular weight excluding hydrogens is 241 g/mol. The van der Waals surface area contributed by atoms with Gasteiger partial charge >= 0.3 is 0 Å². The number of rotatable bonds is 5. The first-order chi connectivity index (χ1) is 9.29. The van der Waals surface area contributed by atoms with Gasteiger partial charge in [-0.25, -0.2) is 4.39 Å². The molecule has 2 nitrogen and oxygen atoms in total. The van der Waals surface area contributed by atoms with Crippen molar-refractivity contribution in [2.45, 2.75) is 38.6 Å². The van der Waals surface area contributed by atoms with Crippen molar-refractivity contribution in [1.29, 1.82) is 0 Å². The van der Waals surface area contributed by atoms with Crippen LogP contribution in [0.3, 0.4) is 0 Å². The van der Waals surface area contributed by atoms with Crippen molar-refractivity contribution >= 4 is 11.0 Å². The Kier molecular flexibility index (Phi) is 3.56. The van der Waals surface area contributed by atoms with Crippen LogP contribution in [0, 0.1) is 11.7 Å². The van der Waals surface area contributed by atoms with E-state index >= 15 is 0 Å². The number of nitrogens with one attached hydrogen (secondary N) is 1. The van der Waals surface area contributed by atoms with Crippen molar-refractivity contribution in [3.05, 3.63) is 35.8 Å². The van der Waals surface area contributed by atoms with Crippen molar-refractivity contribution in [1.82, 2.24) is 5.32 Å². The van der Waals surface area contributed by atoms with Crippen molar-refractivity contribution in [3.8, 4) is 0 Å². The summed E-state index contributed by atoms with van der Waals surface area (Å²) in [7, 11) is 0. The standard InChI is InChI=1S/C16H20FNO/c1-2-9-18-15(11-5-3-6-11)14-10-12-7-4-8-13(17)16(12)19-14/h4,7-8,10-11,15,18H,2-3,5-6,9H2,1H3. The smallest absolute Gasteiger partial charge is 0.169 e. The molecular formula is C16H20FNO. The molecule has 0 spiro atoms. The lowest BCUT2D eigenvalue weighted by Crippen LogP contribution is -2.32. The topological polar surface area (TPSA) is 25.2 Å². The third-order valence-corrected chi connectivity index (χ3v) is 4.06. The predicted octanol–water partition coefficient (Wildman–Crippen LogP) is 4.41. The molecule has 1 atom stereocenters. The number of hydrogen-bond acceptors (Lipinski definition) is 2. The third-order valence-electron chi connectivity index (χ3n) is 4.06. The van der Waals surface area contributed by atoms with E-state index in [0.717, 1.165) is 24.1 Å². The molecule has 0 aliphatic heterocycles. The number of para-hydroxylation sites is 1. The first-order valence-corrected chi connectivity index (χ1v) is 7.21. The van der Waals surface area contributed by atoms with E-state index in [0.29, 0.717) is 11.5 Å². The number of fused-ring (bicyclic) bond motifs is 1. The van der Waals surface area contributed by atoms with E-state index in [1.165, 1.54) is 25.3 Å². The molecule has 1 N–H and O–H groups in total. The minimum Gasteiger partial charge on any atom is -0.456 e. The van der Waals surface area contributed by atoms with E-state index in [-0.39, 0.29) is 11.9 Å². The fourth-order valence-corrected chi connectivity index (χ4v) is 2.77. The fourth-order valence-electron chi connectivity index (χ4n) is 2.77. The average Bonchev–Trinajstić information content (AvgIpc) is 2.77. The van der Waals surface area contributed by atoms with Gasteiger partial charge in [0, 0.05) is 5.39 Å². The van der Waals surface area contributed by atoms with Crippen molar-refractivity contribution in [2.24, 2.45) is 5.92 Å². The first kappa shape index (κ1) is 12.7. The van der Waals surface area contributed by atoms with Crippen LogP contribution in [0.1, 0.15) is 44.4 Å². The van der Waals surface area contributed by atoms with E-state index in [4.69, 9.17) is 4.42 Å². The Morgan fingerprint density at radius 2 is 2.26 bits per heavy atom. The Bertz CT molecular complexity index is 559. The second kappa shape index (κ2) is 5.33. The zero-order valence-corrected chi connectivity index (χ0v) is 11.3. The van der Waals surface area contributed by atoms with Gasteiger partial charge < -0.3 is 9.73 Å². The molecule has 1 aliphatic carbocycles. The predicted molar refractivity (Wildman–Crippen MR) is 74.5 cm³/mol. The molecule has 1 aliphatic rings. The molecule has 0 radical (unpaired) electrons. The second-order valence-corrected chi connectivity index (χ2v) is 5.43. The van der Waals surface area contributed by atoms with Gasteiger partial charge in [0.15, 0.2) is 11.4 Å². The van der Waals surface area contributed by atoms with E-state index in [1.807, 2.05) is 12.1 Å². The van der Waals surface area contributed by atoms with Crippen LogP contribution in [-0.4, -0.2) is 6.54 Å². The monoisotopic (exact) mass is 261 g/mol. The van der Waals surface area contributed by atoms with Gasteiger partial charge in [0.25, 0.3) is 0 Å². The van der Waals surface area contributed by atoms with Gasteiger partial charge in [0.05, 0.1) is 6.04 Å². The molecule has 0 bridgehead atoms. The lowest BCUT2D eigenvalue weighted by molar-refractivity contribution is 0.210. The molecule has 0 amide bonds. The molecule has 3 rings (SSSR count). The Hall–Kier alpha value is -1.35. The summed E-state index contributed by atoms with van der Waals surface area (Å²) in [4.78, 5) is 0. The summed E-state index contributed by atoms with van der Waals surface area (Å²) in [5.74, 6) is 1.25. The molecule has 1 heterocycles. The third kappa shape index (κ3) is 2.39. The lowest BCUT2D eigenvalue weighted by atomic mass is 9.78. The summed E-state index contributed by atoms with van der Waals surface area (Å²) >= 11 is 0. The first-order valence-electron chi connectivity index (χ1n) is 7.21. The van der Waals surface area contributed by atoms with Crippen LogP contribution in [0.5, 0.6) is 0 Å².